The van der Waals surface area contributed by atoms with E-state index >= 15 is 0 Å². The fourth-order valence-corrected chi connectivity index (χ4v) is 3.57. The van der Waals surface area contributed by atoms with Gasteiger partial charge in [-0.05, 0) is 42.3 Å². The van der Waals surface area contributed by atoms with Gasteiger partial charge < -0.3 is 10.2 Å². The number of hydrogen-bond acceptors (Lipinski definition) is 3. The number of rotatable bonds is 5. The number of halogens is 2. The molecule has 0 saturated carbocycles. The molecule has 148 valence electrons. The molecule has 2 amide bonds. The zero-order valence-corrected chi connectivity index (χ0v) is 17.3. The largest absolute Gasteiger partial charge is 0.340 e. The Kier molecular flexibility index (Phi) is 6.94. The molecule has 1 saturated heterocycles. The number of piperazine rings is 1. The summed E-state index contributed by atoms with van der Waals surface area (Å²) in [6, 6.07) is 12.9. The molecule has 0 aromatic heterocycles. The third-order valence-corrected chi connectivity index (χ3v) is 5.32. The molecule has 1 fully saturated rings. The van der Waals surface area contributed by atoms with Gasteiger partial charge in [-0.1, -0.05) is 41.4 Å². The normalized spacial score (nSPS) is 14.8. The number of carbonyl (C=O) groups excluding carboxylic acids is 2. The topological polar surface area (TPSA) is 52.7 Å². The van der Waals surface area contributed by atoms with E-state index in [0.717, 1.165) is 11.1 Å². The van der Waals surface area contributed by atoms with Crippen LogP contribution in [0.25, 0.3) is 0 Å². The summed E-state index contributed by atoms with van der Waals surface area (Å²) in [5, 5.41) is 4.05. The SMILES string of the molecule is Cc1ccc(NC(=O)CN2CCN(C(=O)Cc3ccc(Cl)cc3)CC2)c(Cl)c1. The van der Waals surface area contributed by atoms with Gasteiger partial charge in [0.15, 0.2) is 0 Å². The highest BCUT2D eigenvalue weighted by Gasteiger charge is 2.22. The zero-order valence-electron chi connectivity index (χ0n) is 15.8. The predicted octanol–water partition coefficient (Wildman–Crippen LogP) is 3.63. The van der Waals surface area contributed by atoms with E-state index in [-0.39, 0.29) is 18.4 Å². The fraction of sp³-hybridized carbons (Fsp3) is 0.333. The van der Waals surface area contributed by atoms with Crippen molar-refractivity contribution >= 4 is 40.7 Å². The molecule has 7 heteroatoms. The molecule has 2 aromatic carbocycles. The fourth-order valence-electron chi connectivity index (χ4n) is 3.16. The van der Waals surface area contributed by atoms with Crippen LogP contribution in [0, 0.1) is 6.92 Å². The van der Waals surface area contributed by atoms with E-state index in [1.807, 2.05) is 47.1 Å². The van der Waals surface area contributed by atoms with Crippen LogP contribution in [0.4, 0.5) is 5.69 Å². The Labute approximate surface area is 175 Å². The van der Waals surface area contributed by atoms with Crippen LogP contribution in [0.15, 0.2) is 42.5 Å². The Morgan fingerprint density at radius 1 is 1.00 bits per heavy atom. The van der Waals surface area contributed by atoms with E-state index in [1.165, 1.54) is 0 Å². The lowest BCUT2D eigenvalue weighted by Gasteiger charge is -2.34. The third kappa shape index (κ3) is 5.71. The summed E-state index contributed by atoms with van der Waals surface area (Å²) >= 11 is 12.0. The van der Waals surface area contributed by atoms with Gasteiger partial charge in [0.1, 0.15) is 0 Å². The van der Waals surface area contributed by atoms with Gasteiger partial charge in [-0.2, -0.15) is 0 Å². The van der Waals surface area contributed by atoms with Gasteiger partial charge >= 0.3 is 0 Å². The summed E-state index contributed by atoms with van der Waals surface area (Å²) in [6.07, 6.45) is 0.365. The van der Waals surface area contributed by atoms with Crippen LogP contribution in [-0.4, -0.2) is 54.3 Å². The molecule has 0 unspecified atom stereocenters. The number of aryl methyl sites for hydroxylation is 1. The monoisotopic (exact) mass is 419 g/mol. The van der Waals surface area contributed by atoms with E-state index in [0.29, 0.717) is 48.3 Å². The summed E-state index contributed by atoms with van der Waals surface area (Å²) < 4.78 is 0. The molecule has 1 N–H and O–H groups in total. The highest BCUT2D eigenvalue weighted by molar-refractivity contribution is 6.33. The quantitative estimate of drug-likeness (QED) is 0.804. The van der Waals surface area contributed by atoms with E-state index in [1.54, 1.807) is 12.1 Å². The molecule has 0 atom stereocenters. The summed E-state index contributed by atoms with van der Waals surface area (Å²) in [6.45, 7) is 4.80. The van der Waals surface area contributed by atoms with E-state index in [9.17, 15) is 9.59 Å². The average Bonchev–Trinajstić information content (AvgIpc) is 2.66. The van der Waals surface area contributed by atoms with Gasteiger partial charge in [0, 0.05) is 31.2 Å². The average molecular weight is 420 g/mol. The van der Waals surface area contributed by atoms with Crippen LogP contribution in [0.2, 0.25) is 10.0 Å². The minimum absolute atomic E-state index is 0.0952. The minimum Gasteiger partial charge on any atom is -0.340 e. The van der Waals surface area contributed by atoms with Gasteiger partial charge in [-0.15, -0.1) is 0 Å². The lowest BCUT2D eigenvalue weighted by Crippen LogP contribution is -2.50. The maximum atomic E-state index is 12.5. The van der Waals surface area contributed by atoms with Crippen molar-refractivity contribution in [1.29, 1.82) is 0 Å². The highest BCUT2D eigenvalue weighted by Crippen LogP contribution is 2.22. The summed E-state index contributed by atoms with van der Waals surface area (Å²) in [5.41, 5.74) is 2.61. The van der Waals surface area contributed by atoms with Crippen LogP contribution < -0.4 is 5.32 Å². The number of anilines is 1. The molecule has 5 nitrogen and oxygen atoms in total. The Hall–Kier alpha value is -2.08. The van der Waals surface area contributed by atoms with Crippen molar-refractivity contribution < 1.29 is 9.59 Å². The second-order valence-electron chi connectivity index (χ2n) is 6.99. The Morgan fingerprint density at radius 3 is 2.32 bits per heavy atom. The number of hydrogen-bond donors (Lipinski definition) is 1. The van der Waals surface area contributed by atoms with Crippen LogP contribution in [-0.2, 0) is 16.0 Å². The number of carbonyl (C=O) groups is 2. The molecule has 0 aliphatic carbocycles. The van der Waals surface area contributed by atoms with Crippen molar-refractivity contribution in [3.63, 3.8) is 0 Å². The number of amides is 2. The maximum Gasteiger partial charge on any atom is 0.238 e. The molecule has 0 bridgehead atoms. The van der Waals surface area contributed by atoms with E-state index in [4.69, 9.17) is 23.2 Å². The predicted molar refractivity (Wildman–Crippen MR) is 113 cm³/mol. The molecule has 0 radical (unpaired) electrons. The van der Waals surface area contributed by atoms with Crippen molar-refractivity contribution in [2.24, 2.45) is 0 Å². The van der Waals surface area contributed by atoms with Gasteiger partial charge in [0.2, 0.25) is 11.8 Å². The second kappa shape index (κ2) is 9.41. The van der Waals surface area contributed by atoms with Gasteiger partial charge in [0.05, 0.1) is 23.7 Å². The van der Waals surface area contributed by atoms with Crippen LogP contribution in [0.5, 0.6) is 0 Å². The lowest BCUT2D eigenvalue weighted by molar-refractivity contribution is -0.132. The minimum atomic E-state index is -0.105. The smallest absolute Gasteiger partial charge is 0.238 e. The summed E-state index contributed by atoms with van der Waals surface area (Å²) in [7, 11) is 0. The molecular formula is C21H23Cl2N3O2. The Balaban J connectivity index is 1.45. The molecular weight excluding hydrogens is 397 g/mol. The van der Waals surface area contributed by atoms with Crippen molar-refractivity contribution in [3.05, 3.63) is 63.6 Å². The summed E-state index contributed by atoms with van der Waals surface area (Å²) in [4.78, 5) is 28.7. The Morgan fingerprint density at radius 2 is 1.68 bits per heavy atom. The molecule has 1 aliphatic rings. The van der Waals surface area contributed by atoms with Crippen LogP contribution in [0.1, 0.15) is 11.1 Å². The highest BCUT2D eigenvalue weighted by atomic mass is 35.5. The maximum absolute atomic E-state index is 12.5. The van der Waals surface area contributed by atoms with Crippen LogP contribution >= 0.6 is 23.2 Å². The van der Waals surface area contributed by atoms with Crippen molar-refractivity contribution in [2.45, 2.75) is 13.3 Å². The molecule has 0 spiro atoms. The zero-order chi connectivity index (χ0) is 20.1. The number of nitrogens with one attached hydrogen (secondary N) is 1. The van der Waals surface area contributed by atoms with Gasteiger partial charge in [-0.25, -0.2) is 0 Å². The van der Waals surface area contributed by atoms with Crippen LogP contribution in [0.3, 0.4) is 0 Å². The molecule has 2 aromatic rings. The van der Waals surface area contributed by atoms with Crippen molar-refractivity contribution in [1.82, 2.24) is 9.80 Å². The first-order chi connectivity index (χ1) is 13.4. The molecule has 1 aliphatic heterocycles. The lowest BCUT2D eigenvalue weighted by atomic mass is 10.1. The molecule has 3 rings (SSSR count). The molecule has 28 heavy (non-hydrogen) atoms. The second-order valence-corrected chi connectivity index (χ2v) is 7.84. The first-order valence-corrected chi connectivity index (χ1v) is 9.97. The first-order valence-electron chi connectivity index (χ1n) is 9.21. The molecule has 1 heterocycles. The summed E-state index contributed by atoms with van der Waals surface area (Å²) in [5.74, 6) is -0.00967. The Bertz CT molecular complexity index is 847. The van der Waals surface area contributed by atoms with E-state index in [2.05, 4.69) is 5.32 Å². The van der Waals surface area contributed by atoms with Gasteiger partial charge in [-0.3, -0.25) is 14.5 Å². The van der Waals surface area contributed by atoms with Crippen molar-refractivity contribution in [2.75, 3.05) is 38.0 Å². The van der Waals surface area contributed by atoms with Gasteiger partial charge in [0.25, 0.3) is 0 Å². The number of benzene rings is 2. The van der Waals surface area contributed by atoms with Crippen molar-refractivity contribution in [3.8, 4) is 0 Å². The first kappa shape index (κ1) is 20.6. The van der Waals surface area contributed by atoms with E-state index < -0.39 is 0 Å². The third-order valence-electron chi connectivity index (χ3n) is 4.76. The number of nitrogens with zero attached hydrogens (tertiary/aromatic N) is 2. The standard InChI is InChI=1S/C21H23Cl2N3O2/c1-15-2-7-19(18(23)12-15)24-20(27)14-25-8-10-26(11-9-25)21(28)13-16-3-5-17(22)6-4-16/h2-7,12H,8-11,13-14H2,1H3,(H,24,27).